The van der Waals surface area contributed by atoms with Crippen LogP contribution in [0.3, 0.4) is 0 Å². The van der Waals surface area contributed by atoms with Crippen molar-refractivity contribution in [2.75, 3.05) is 7.11 Å². The predicted octanol–water partition coefficient (Wildman–Crippen LogP) is 7.49. The lowest BCUT2D eigenvalue weighted by Crippen LogP contribution is -2.32. The minimum atomic E-state index is -0.378. The summed E-state index contributed by atoms with van der Waals surface area (Å²) in [6.07, 6.45) is 8.33. The number of carbonyl (C=O) groups excluding carboxylic acids is 2. The molecule has 0 radical (unpaired) electrons. The maximum Gasteiger partial charge on any atom is 0.189 e. The molecule has 0 saturated heterocycles. The number of phenolic OH excluding ortho intramolecular Hbond substituents is 2. The van der Waals surface area contributed by atoms with Gasteiger partial charge in [-0.2, -0.15) is 0 Å². The van der Waals surface area contributed by atoms with Gasteiger partial charge in [0.15, 0.2) is 11.6 Å². The second-order valence-electron chi connectivity index (χ2n) is 11.7. The third kappa shape index (κ3) is 6.68. The van der Waals surface area contributed by atoms with Crippen LogP contribution in [0, 0.1) is 6.92 Å². The van der Waals surface area contributed by atoms with Gasteiger partial charge in [-0.1, -0.05) is 18.2 Å². The molecule has 2 aliphatic rings. The minimum Gasteiger partial charge on any atom is -0.507 e. The molecule has 5 rings (SSSR count). The number of rotatable bonds is 5. The molecule has 0 bridgehead atoms. The Morgan fingerprint density at radius 3 is 2.31 bits per heavy atom. The topological polar surface area (TPSA) is 102 Å². The highest BCUT2D eigenvalue weighted by Gasteiger charge is 2.30. The van der Waals surface area contributed by atoms with Crippen LogP contribution < -0.4 is 14.2 Å². The number of aromatic hydroxyl groups is 2. The fourth-order valence-corrected chi connectivity index (χ4v) is 4.86. The summed E-state index contributed by atoms with van der Waals surface area (Å²) in [5, 5.41) is 20.5. The molecule has 2 heterocycles. The van der Waals surface area contributed by atoms with Crippen LogP contribution >= 0.6 is 0 Å². The molecule has 7 nitrogen and oxygen atoms in total. The van der Waals surface area contributed by atoms with Crippen LogP contribution in [0.15, 0.2) is 54.6 Å². The molecule has 0 spiro atoms. The average Bonchev–Trinajstić information content (AvgIpc) is 2.91. The maximum absolute atomic E-state index is 12.6. The van der Waals surface area contributed by atoms with Crippen LogP contribution in [-0.4, -0.2) is 40.1 Å². The number of Topliss-reactive ketones (excluding diaryl/α,β-unsaturated/α-hetero) is 1. The van der Waals surface area contributed by atoms with E-state index in [4.69, 9.17) is 14.2 Å². The van der Waals surface area contributed by atoms with E-state index in [0.29, 0.717) is 40.2 Å². The van der Waals surface area contributed by atoms with Gasteiger partial charge in [-0.25, -0.2) is 0 Å². The quantitative estimate of drug-likeness (QED) is 0.242. The second-order valence-corrected chi connectivity index (χ2v) is 11.7. The summed E-state index contributed by atoms with van der Waals surface area (Å²) in [5.74, 6) is 1.66. The zero-order valence-corrected chi connectivity index (χ0v) is 25.2. The second kappa shape index (κ2) is 11.8. The van der Waals surface area contributed by atoms with Gasteiger partial charge in [0.1, 0.15) is 39.9 Å². The van der Waals surface area contributed by atoms with E-state index in [1.165, 1.54) is 13.0 Å². The first-order valence-corrected chi connectivity index (χ1v) is 13.9. The molecule has 7 heteroatoms. The molecular formula is C35H38O7. The number of fused-ring (bicyclic) bond motifs is 2. The molecule has 0 atom stereocenters. The number of ketones is 2. The first-order valence-electron chi connectivity index (χ1n) is 13.9. The van der Waals surface area contributed by atoms with Crippen molar-refractivity contribution in [3.05, 3.63) is 88.0 Å². The van der Waals surface area contributed by atoms with E-state index in [2.05, 4.69) is 0 Å². The summed E-state index contributed by atoms with van der Waals surface area (Å²) >= 11 is 0. The summed E-state index contributed by atoms with van der Waals surface area (Å²) in [7, 11) is 1.62. The van der Waals surface area contributed by atoms with E-state index < -0.39 is 0 Å². The van der Waals surface area contributed by atoms with Gasteiger partial charge in [-0.3, -0.25) is 9.59 Å². The Bertz CT molecular complexity index is 1590. The average molecular weight is 571 g/mol. The lowest BCUT2D eigenvalue weighted by atomic mass is 9.91. The molecule has 220 valence electrons. The fraction of sp³-hybridized carbons (Fsp3) is 0.314. The van der Waals surface area contributed by atoms with E-state index in [-0.39, 0.29) is 34.3 Å². The number of benzene rings is 3. The monoisotopic (exact) mass is 570 g/mol. The van der Waals surface area contributed by atoms with Crippen LogP contribution in [0.1, 0.15) is 84.0 Å². The number of hydrogen-bond donors (Lipinski definition) is 2. The SMILES string of the molecule is CC(=O)c1ccc2c(c1O)C=CC(C)(C)O2.COc1cc(/C=C/C(=O)c2ccc3c(c2O)CCC(C)(C)O3)ccc1C. The van der Waals surface area contributed by atoms with Crippen LogP contribution in [0.4, 0.5) is 0 Å². The molecule has 0 unspecified atom stereocenters. The summed E-state index contributed by atoms with van der Waals surface area (Å²) < 4.78 is 16.9. The Morgan fingerprint density at radius 2 is 1.62 bits per heavy atom. The molecule has 0 aliphatic carbocycles. The lowest BCUT2D eigenvalue weighted by Gasteiger charge is -2.33. The molecule has 0 saturated carbocycles. The van der Waals surface area contributed by atoms with Gasteiger partial charge < -0.3 is 24.4 Å². The van der Waals surface area contributed by atoms with Crippen molar-refractivity contribution in [1.29, 1.82) is 0 Å². The van der Waals surface area contributed by atoms with Gasteiger partial charge in [-0.05, 0) is 114 Å². The van der Waals surface area contributed by atoms with Crippen LogP contribution in [0.25, 0.3) is 12.2 Å². The van der Waals surface area contributed by atoms with Crippen molar-refractivity contribution in [3.63, 3.8) is 0 Å². The zero-order valence-electron chi connectivity index (χ0n) is 25.2. The number of allylic oxidation sites excluding steroid dienone is 1. The zero-order chi connectivity index (χ0) is 30.8. The van der Waals surface area contributed by atoms with E-state index in [0.717, 1.165) is 23.3 Å². The third-order valence-electron chi connectivity index (χ3n) is 7.31. The molecule has 0 fully saturated rings. The Hall–Kier alpha value is -4.52. The van der Waals surface area contributed by atoms with Crippen molar-refractivity contribution < 1.29 is 34.0 Å². The summed E-state index contributed by atoms with van der Waals surface area (Å²) in [6, 6.07) is 12.4. The molecule has 0 amide bonds. The van der Waals surface area contributed by atoms with Crippen molar-refractivity contribution in [1.82, 2.24) is 0 Å². The standard InChI is InChI=1S/C22H24O4.C13H14O3/c1-14-5-6-15(13-20(14)25-4)7-9-18(23)16-8-10-19-17(21(16)24)11-12-22(2,3)26-19;1-8(14)9-4-5-11-10(12(9)15)6-7-13(2,3)16-11/h5-10,13,24H,11-12H2,1-4H3;4-7,15H,1-3H3/b9-7+;. The van der Waals surface area contributed by atoms with E-state index >= 15 is 0 Å². The first-order chi connectivity index (χ1) is 19.7. The fourth-order valence-electron chi connectivity index (χ4n) is 4.86. The van der Waals surface area contributed by atoms with Crippen molar-refractivity contribution in [2.24, 2.45) is 0 Å². The highest BCUT2D eigenvalue weighted by molar-refractivity contribution is 6.09. The number of aryl methyl sites for hydroxylation is 1. The van der Waals surface area contributed by atoms with Crippen molar-refractivity contribution in [2.45, 2.75) is 65.6 Å². The van der Waals surface area contributed by atoms with Gasteiger partial charge in [0.2, 0.25) is 0 Å². The molecule has 3 aromatic carbocycles. The Balaban J connectivity index is 0.000000216. The molecule has 2 N–H and O–H groups in total. The number of phenols is 2. The molecule has 2 aliphatic heterocycles. The first kappa shape index (κ1) is 30.4. The van der Waals surface area contributed by atoms with E-state index in [1.807, 2.05) is 58.9 Å². The minimum absolute atomic E-state index is 0.00301. The highest BCUT2D eigenvalue weighted by Crippen LogP contribution is 2.40. The highest BCUT2D eigenvalue weighted by atomic mass is 16.5. The number of ether oxygens (including phenoxy) is 3. The smallest absolute Gasteiger partial charge is 0.189 e. The molecule has 3 aromatic rings. The molecular weight excluding hydrogens is 532 g/mol. The maximum atomic E-state index is 12.6. The van der Waals surface area contributed by atoms with Crippen molar-refractivity contribution >= 4 is 23.7 Å². The van der Waals surface area contributed by atoms with Crippen molar-refractivity contribution in [3.8, 4) is 28.7 Å². The van der Waals surface area contributed by atoms with Crippen LogP contribution in [-0.2, 0) is 6.42 Å². The lowest BCUT2D eigenvalue weighted by molar-refractivity contribution is 0.0835. The van der Waals surface area contributed by atoms with Crippen LogP contribution in [0.5, 0.6) is 28.7 Å². The van der Waals surface area contributed by atoms with Gasteiger partial charge >= 0.3 is 0 Å². The van der Waals surface area contributed by atoms with E-state index in [1.54, 1.807) is 43.5 Å². The van der Waals surface area contributed by atoms with Gasteiger partial charge in [0.05, 0.1) is 23.8 Å². The predicted molar refractivity (Wildman–Crippen MR) is 164 cm³/mol. The number of methoxy groups -OCH3 is 1. The normalized spacial score (nSPS) is 15.8. The number of carbonyl (C=O) groups is 2. The Morgan fingerprint density at radius 1 is 0.929 bits per heavy atom. The molecule has 0 aromatic heterocycles. The number of hydrogen-bond acceptors (Lipinski definition) is 7. The van der Waals surface area contributed by atoms with Gasteiger partial charge in [-0.15, -0.1) is 0 Å². The van der Waals surface area contributed by atoms with E-state index in [9.17, 15) is 19.8 Å². The largest absolute Gasteiger partial charge is 0.507 e. The molecule has 42 heavy (non-hydrogen) atoms. The Kier molecular flexibility index (Phi) is 8.53. The third-order valence-corrected chi connectivity index (χ3v) is 7.31. The van der Waals surface area contributed by atoms with Crippen LogP contribution in [0.2, 0.25) is 0 Å². The summed E-state index contributed by atoms with van der Waals surface area (Å²) in [6.45, 7) is 11.3. The van der Waals surface area contributed by atoms with Gasteiger partial charge in [0.25, 0.3) is 0 Å². The van der Waals surface area contributed by atoms with Gasteiger partial charge in [0, 0.05) is 5.56 Å². The summed E-state index contributed by atoms with van der Waals surface area (Å²) in [5.41, 5.74) is 3.17. The summed E-state index contributed by atoms with van der Waals surface area (Å²) in [4.78, 5) is 23.8. The Labute approximate surface area is 247 Å².